The molecule has 2 aliphatic carbocycles. The third-order valence-corrected chi connectivity index (χ3v) is 4.61. The Balaban J connectivity index is 1.93. The van der Waals surface area contributed by atoms with Crippen LogP contribution in [0, 0.1) is 11.8 Å². The van der Waals surface area contributed by atoms with Gasteiger partial charge in [0, 0.05) is 25.2 Å². The Morgan fingerprint density at radius 3 is 2.76 bits per heavy atom. The minimum Gasteiger partial charge on any atom is -0.459 e. The summed E-state index contributed by atoms with van der Waals surface area (Å²) in [5, 5.41) is 0. The molecule has 21 heavy (non-hydrogen) atoms. The van der Waals surface area contributed by atoms with Gasteiger partial charge in [0.15, 0.2) is 5.79 Å². The molecule has 2 fully saturated rings. The van der Waals surface area contributed by atoms with Crippen LogP contribution in [0.2, 0.25) is 0 Å². The number of allylic oxidation sites excluding steroid dienone is 1. The highest BCUT2D eigenvalue weighted by molar-refractivity contribution is 5.66. The first-order chi connectivity index (χ1) is 9.91. The van der Waals surface area contributed by atoms with E-state index in [0.29, 0.717) is 6.42 Å². The lowest BCUT2D eigenvalue weighted by Crippen LogP contribution is -2.50. The number of aldehydes is 1. The molecule has 1 aliphatic heterocycles. The van der Waals surface area contributed by atoms with Gasteiger partial charge in [-0.25, -0.2) is 0 Å². The van der Waals surface area contributed by atoms with Crippen molar-refractivity contribution in [1.29, 1.82) is 0 Å². The summed E-state index contributed by atoms with van der Waals surface area (Å²) in [5.41, 5.74) is 1.17. The molecule has 3 aliphatic rings. The van der Waals surface area contributed by atoms with E-state index in [1.54, 1.807) is 0 Å². The fourth-order valence-corrected chi connectivity index (χ4v) is 3.93. The van der Waals surface area contributed by atoms with Crippen LogP contribution in [0.4, 0.5) is 0 Å². The Kier molecular flexibility index (Phi) is 3.66. The Morgan fingerprint density at radius 2 is 2.10 bits per heavy atom. The molecule has 5 nitrogen and oxygen atoms in total. The molecule has 0 amide bonds. The predicted molar refractivity (Wildman–Crippen MR) is 74.4 cm³/mol. The number of carbonyl (C=O) groups is 2. The van der Waals surface area contributed by atoms with Gasteiger partial charge in [0.25, 0.3) is 0 Å². The fraction of sp³-hybridized carbons (Fsp3) is 0.750. The highest BCUT2D eigenvalue weighted by Crippen LogP contribution is 2.48. The molecule has 5 heteroatoms. The standard InChI is InChI=1S/C16H22O5/c1-9(18)19-12-7-10-5-4-6-11(8-17)13(10)15-14(12)20-16(2,3)21-15/h5,8,11-15H,4,6-7H2,1-3H3/t11-,12+,13-,14+,15-/m1/s1. The second-order valence-corrected chi connectivity index (χ2v) is 6.60. The third-order valence-electron chi connectivity index (χ3n) is 4.61. The molecule has 116 valence electrons. The van der Waals surface area contributed by atoms with Crippen LogP contribution in [0.1, 0.15) is 40.0 Å². The number of ether oxygens (including phenoxy) is 3. The molecule has 0 radical (unpaired) electrons. The maximum atomic E-state index is 11.4. The van der Waals surface area contributed by atoms with Crippen LogP contribution >= 0.6 is 0 Å². The smallest absolute Gasteiger partial charge is 0.303 e. The van der Waals surface area contributed by atoms with Gasteiger partial charge < -0.3 is 19.0 Å². The SMILES string of the molecule is CC(=O)O[C@H]1CC2=CCC[C@H](C=O)[C@@H]2[C@H]2OC(C)(C)O[C@H]21. The molecule has 0 bridgehead atoms. The molecule has 0 aromatic carbocycles. The zero-order valence-electron chi connectivity index (χ0n) is 12.7. The number of hydrogen-bond acceptors (Lipinski definition) is 5. The number of rotatable bonds is 2. The van der Waals surface area contributed by atoms with Crippen LogP contribution in [-0.4, -0.2) is 36.4 Å². The van der Waals surface area contributed by atoms with Gasteiger partial charge in [-0.3, -0.25) is 4.79 Å². The lowest BCUT2D eigenvalue weighted by molar-refractivity contribution is -0.168. The normalized spacial score (nSPS) is 40.7. The van der Waals surface area contributed by atoms with E-state index in [1.807, 2.05) is 13.8 Å². The molecular weight excluding hydrogens is 272 g/mol. The number of esters is 1. The zero-order chi connectivity index (χ0) is 15.2. The van der Waals surface area contributed by atoms with Crippen LogP contribution in [0.5, 0.6) is 0 Å². The molecule has 0 N–H and O–H groups in total. The van der Waals surface area contributed by atoms with Gasteiger partial charge in [0.1, 0.15) is 18.5 Å². The van der Waals surface area contributed by atoms with Crippen molar-refractivity contribution in [3.05, 3.63) is 11.6 Å². The molecule has 1 heterocycles. The van der Waals surface area contributed by atoms with Gasteiger partial charge in [-0.1, -0.05) is 11.6 Å². The van der Waals surface area contributed by atoms with E-state index in [9.17, 15) is 9.59 Å². The van der Waals surface area contributed by atoms with Gasteiger partial charge in [0.05, 0.1) is 6.10 Å². The van der Waals surface area contributed by atoms with Gasteiger partial charge >= 0.3 is 5.97 Å². The summed E-state index contributed by atoms with van der Waals surface area (Å²) in [7, 11) is 0. The lowest BCUT2D eigenvalue weighted by Gasteiger charge is -2.42. The Morgan fingerprint density at radius 1 is 1.38 bits per heavy atom. The minimum atomic E-state index is -0.714. The molecule has 3 rings (SSSR count). The Bertz CT molecular complexity index is 481. The molecule has 0 spiro atoms. The Labute approximate surface area is 124 Å². The molecule has 0 aromatic rings. The van der Waals surface area contributed by atoms with Crippen LogP contribution < -0.4 is 0 Å². The van der Waals surface area contributed by atoms with E-state index in [4.69, 9.17) is 14.2 Å². The van der Waals surface area contributed by atoms with Crippen molar-refractivity contribution in [2.24, 2.45) is 11.8 Å². The van der Waals surface area contributed by atoms with Crippen LogP contribution in [0.15, 0.2) is 11.6 Å². The first-order valence-corrected chi connectivity index (χ1v) is 7.58. The zero-order valence-corrected chi connectivity index (χ0v) is 12.7. The van der Waals surface area contributed by atoms with E-state index < -0.39 is 5.79 Å². The fourth-order valence-electron chi connectivity index (χ4n) is 3.93. The number of hydrogen-bond donors (Lipinski definition) is 0. The summed E-state index contributed by atoms with van der Waals surface area (Å²) in [5.74, 6) is -1.01. The summed E-state index contributed by atoms with van der Waals surface area (Å²) < 4.78 is 17.5. The highest BCUT2D eigenvalue weighted by atomic mass is 16.8. The minimum absolute atomic E-state index is 0.0340. The maximum Gasteiger partial charge on any atom is 0.303 e. The first-order valence-electron chi connectivity index (χ1n) is 7.58. The van der Waals surface area contributed by atoms with Crippen LogP contribution in [-0.2, 0) is 23.8 Å². The van der Waals surface area contributed by atoms with Crippen molar-refractivity contribution >= 4 is 12.3 Å². The second kappa shape index (κ2) is 5.21. The number of fused-ring (bicyclic) bond motifs is 3. The van der Waals surface area contributed by atoms with E-state index in [-0.39, 0.29) is 36.1 Å². The van der Waals surface area contributed by atoms with Crippen molar-refractivity contribution in [2.45, 2.75) is 64.1 Å². The highest BCUT2D eigenvalue weighted by Gasteiger charge is 2.55. The van der Waals surface area contributed by atoms with Crippen molar-refractivity contribution in [3.63, 3.8) is 0 Å². The largest absolute Gasteiger partial charge is 0.459 e. The monoisotopic (exact) mass is 294 g/mol. The van der Waals surface area contributed by atoms with Crippen molar-refractivity contribution in [3.8, 4) is 0 Å². The topological polar surface area (TPSA) is 61.8 Å². The van der Waals surface area contributed by atoms with Crippen LogP contribution in [0.25, 0.3) is 0 Å². The molecule has 0 unspecified atom stereocenters. The molecule has 5 atom stereocenters. The van der Waals surface area contributed by atoms with Crippen molar-refractivity contribution < 1.29 is 23.8 Å². The van der Waals surface area contributed by atoms with E-state index in [0.717, 1.165) is 19.1 Å². The quantitative estimate of drug-likeness (QED) is 0.443. The van der Waals surface area contributed by atoms with E-state index in [1.165, 1.54) is 12.5 Å². The second-order valence-electron chi connectivity index (χ2n) is 6.60. The maximum absolute atomic E-state index is 11.4. The summed E-state index contributed by atoms with van der Waals surface area (Å²) in [6.45, 7) is 5.13. The summed E-state index contributed by atoms with van der Waals surface area (Å²) >= 11 is 0. The van der Waals surface area contributed by atoms with Crippen molar-refractivity contribution in [1.82, 2.24) is 0 Å². The number of carbonyl (C=O) groups excluding carboxylic acids is 2. The predicted octanol–water partition coefficient (Wildman–Crippen LogP) is 1.99. The molecule has 1 saturated heterocycles. The van der Waals surface area contributed by atoms with E-state index in [2.05, 4.69) is 6.08 Å². The van der Waals surface area contributed by atoms with Gasteiger partial charge in [0.2, 0.25) is 0 Å². The summed E-state index contributed by atoms with van der Waals surface area (Å²) in [6.07, 6.45) is 4.73. The summed E-state index contributed by atoms with van der Waals surface area (Å²) in [4.78, 5) is 22.8. The van der Waals surface area contributed by atoms with Gasteiger partial charge in [-0.05, 0) is 26.7 Å². The first kappa shape index (κ1) is 14.7. The Hall–Kier alpha value is -1.20. The summed E-state index contributed by atoms with van der Waals surface area (Å²) in [6, 6.07) is 0. The average molecular weight is 294 g/mol. The van der Waals surface area contributed by atoms with Crippen molar-refractivity contribution in [2.75, 3.05) is 0 Å². The lowest BCUT2D eigenvalue weighted by atomic mass is 9.68. The third kappa shape index (κ3) is 2.64. The van der Waals surface area contributed by atoms with Gasteiger partial charge in [-0.15, -0.1) is 0 Å². The van der Waals surface area contributed by atoms with Crippen LogP contribution in [0.3, 0.4) is 0 Å². The molecule has 1 saturated carbocycles. The molecular formula is C16H22O5. The molecule has 0 aromatic heterocycles. The van der Waals surface area contributed by atoms with E-state index >= 15 is 0 Å². The van der Waals surface area contributed by atoms with Gasteiger partial charge in [-0.2, -0.15) is 0 Å². The average Bonchev–Trinajstić information content (AvgIpc) is 2.73.